The second-order valence-electron chi connectivity index (χ2n) is 3.98. The number of rotatable bonds is 5. The first-order valence-electron chi connectivity index (χ1n) is 5.52. The summed E-state index contributed by atoms with van der Waals surface area (Å²) < 4.78 is 10.8. The molecular formula is C13H21NO2. The van der Waals surface area contributed by atoms with Crippen LogP contribution in [0.15, 0.2) is 12.1 Å². The Balaban J connectivity index is 3.08. The SMILES string of the molecule is COc1cc(C)c(C(CCN)OC)cc1C. The second kappa shape index (κ2) is 5.87. The molecule has 3 nitrogen and oxygen atoms in total. The summed E-state index contributed by atoms with van der Waals surface area (Å²) >= 11 is 0. The van der Waals surface area contributed by atoms with Gasteiger partial charge in [0.05, 0.1) is 13.2 Å². The molecule has 0 saturated carbocycles. The highest BCUT2D eigenvalue weighted by Gasteiger charge is 2.14. The van der Waals surface area contributed by atoms with E-state index < -0.39 is 0 Å². The average Bonchev–Trinajstić information content (AvgIpc) is 2.28. The minimum atomic E-state index is 0.0783. The van der Waals surface area contributed by atoms with Gasteiger partial charge in [0.25, 0.3) is 0 Å². The van der Waals surface area contributed by atoms with E-state index in [4.69, 9.17) is 15.2 Å². The lowest BCUT2D eigenvalue weighted by atomic mass is 9.98. The molecule has 0 amide bonds. The standard InChI is InChI=1S/C13H21NO2/c1-9-8-13(16-4)10(2)7-11(9)12(15-3)5-6-14/h7-8,12H,5-6,14H2,1-4H3. The molecule has 90 valence electrons. The van der Waals surface area contributed by atoms with Crippen molar-refractivity contribution in [3.8, 4) is 5.75 Å². The van der Waals surface area contributed by atoms with Crippen molar-refractivity contribution in [1.82, 2.24) is 0 Å². The van der Waals surface area contributed by atoms with E-state index in [1.807, 2.05) is 13.0 Å². The van der Waals surface area contributed by atoms with Crippen LogP contribution < -0.4 is 10.5 Å². The fraction of sp³-hybridized carbons (Fsp3) is 0.538. The molecule has 0 spiro atoms. The maximum atomic E-state index is 5.58. The topological polar surface area (TPSA) is 44.5 Å². The summed E-state index contributed by atoms with van der Waals surface area (Å²) in [6.45, 7) is 4.74. The van der Waals surface area contributed by atoms with E-state index in [9.17, 15) is 0 Å². The summed E-state index contributed by atoms with van der Waals surface area (Å²) in [5, 5.41) is 0. The van der Waals surface area contributed by atoms with Crippen LogP contribution in [0.25, 0.3) is 0 Å². The van der Waals surface area contributed by atoms with Gasteiger partial charge in [-0.05, 0) is 55.6 Å². The molecule has 0 bridgehead atoms. The van der Waals surface area contributed by atoms with Gasteiger partial charge in [0.2, 0.25) is 0 Å². The molecule has 0 aliphatic carbocycles. The highest BCUT2D eigenvalue weighted by Crippen LogP contribution is 2.29. The van der Waals surface area contributed by atoms with Crippen molar-refractivity contribution in [2.45, 2.75) is 26.4 Å². The lowest BCUT2D eigenvalue weighted by molar-refractivity contribution is 0.0971. The third kappa shape index (κ3) is 2.74. The van der Waals surface area contributed by atoms with Crippen molar-refractivity contribution >= 4 is 0 Å². The van der Waals surface area contributed by atoms with Gasteiger partial charge in [0, 0.05) is 7.11 Å². The van der Waals surface area contributed by atoms with Crippen molar-refractivity contribution in [3.05, 3.63) is 28.8 Å². The Morgan fingerprint density at radius 3 is 2.38 bits per heavy atom. The number of methoxy groups -OCH3 is 2. The Labute approximate surface area is 97.6 Å². The van der Waals surface area contributed by atoms with Crippen molar-refractivity contribution in [2.75, 3.05) is 20.8 Å². The van der Waals surface area contributed by atoms with E-state index in [0.29, 0.717) is 6.54 Å². The van der Waals surface area contributed by atoms with E-state index >= 15 is 0 Å². The maximum absolute atomic E-state index is 5.58. The van der Waals surface area contributed by atoms with Gasteiger partial charge >= 0.3 is 0 Å². The molecule has 0 aromatic heterocycles. The van der Waals surface area contributed by atoms with Crippen LogP contribution in [0, 0.1) is 13.8 Å². The lowest BCUT2D eigenvalue weighted by Gasteiger charge is -2.19. The average molecular weight is 223 g/mol. The molecule has 1 atom stereocenters. The Bertz CT molecular complexity index is 350. The van der Waals surface area contributed by atoms with Gasteiger partial charge in [0.1, 0.15) is 5.75 Å². The molecule has 0 radical (unpaired) electrons. The van der Waals surface area contributed by atoms with Crippen molar-refractivity contribution < 1.29 is 9.47 Å². The van der Waals surface area contributed by atoms with Gasteiger partial charge in [-0.3, -0.25) is 0 Å². The van der Waals surface area contributed by atoms with Gasteiger partial charge < -0.3 is 15.2 Å². The molecule has 0 heterocycles. The second-order valence-corrected chi connectivity index (χ2v) is 3.98. The van der Waals surface area contributed by atoms with Crippen LogP contribution in [0.1, 0.15) is 29.2 Å². The van der Waals surface area contributed by atoms with Crippen LogP contribution in [-0.2, 0) is 4.74 Å². The van der Waals surface area contributed by atoms with Crippen molar-refractivity contribution in [3.63, 3.8) is 0 Å². The molecule has 1 aromatic rings. The fourth-order valence-corrected chi connectivity index (χ4v) is 1.93. The first-order chi connectivity index (χ1) is 7.63. The molecule has 16 heavy (non-hydrogen) atoms. The fourth-order valence-electron chi connectivity index (χ4n) is 1.93. The third-order valence-corrected chi connectivity index (χ3v) is 2.84. The van der Waals surface area contributed by atoms with Gasteiger partial charge in [-0.25, -0.2) is 0 Å². The van der Waals surface area contributed by atoms with Crippen molar-refractivity contribution in [2.24, 2.45) is 5.73 Å². The molecule has 0 saturated heterocycles. The van der Waals surface area contributed by atoms with Gasteiger partial charge in [-0.2, -0.15) is 0 Å². The first kappa shape index (κ1) is 13.0. The Morgan fingerprint density at radius 1 is 1.19 bits per heavy atom. The van der Waals surface area contributed by atoms with Crippen LogP contribution in [0.4, 0.5) is 0 Å². The van der Waals surface area contributed by atoms with Crippen LogP contribution in [0.3, 0.4) is 0 Å². The number of benzene rings is 1. The summed E-state index contributed by atoms with van der Waals surface area (Å²) in [5.41, 5.74) is 9.09. The van der Waals surface area contributed by atoms with Crippen LogP contribution in [0.5, 0.6) is 5.75 Å². The number of ether oxygens (including phenoxy) is 2. The summed E-state index contributed by atoms with van der Waals surface area (Å²) in [7, 11) is 3.41. The Morgan fingerprint density at radius 2 is 1.88 bits per heavy atom. The van der Waals surface area contributed by atoms with Crippen molar-refractivity contribution in [1.29, 1.82) is 0 Å². The zero-order valence-corrected chi connectivity index (χ0v) is 10.5. The summed E-state index contributed by atoms with van der Waals surface area (Å²) in [6.07, 6.45) is 0.915. The van der Waals surface area contributed by atoms with E-state index in [1.54, 1.807) is 14.2 Å². The predicted molar refractivity (Wildman–Crippen MR) is 65.9 cm³/mol. The van der Waals surface area contributed by atoms with E-state index in [-0.39, 0.29) is 6.10 Å². The molecule has 1 aromatic carbocycles. The molecule has 3 heteroatoms. The van der Waals surface area contributed by atoms with Crippen LogP contribution >= 0.6 is 0 Å². The molecule has 2 N–H and O–H groups in total. The molecule has 0 aliphatic rings. The van der Waals surface area contributed by atoms with Crippen LogP contribution in [-0.4, -0.2) is 20.8 Å². The highest BCUT2D eigenvalue weighted by molar-refractivity contribution is 5.42. The Kier molecular flexibility index (Phi) is 4.77. The minimum Gasteiger partial charge on any atom is -0.496 e. The summed E-state index contributed by atoms with van der Waals surface area (Å²) in [6, 6.07) is 4.17. The summed E-state index contributed by atoms with van der Waals surface area (Å²) in [5.74, 6) is 0.920. The number of hydrogen-bond acceptors (Lipinski definition) is 3. The molecule has 1 unspecified atom stereocenters. The van der Waals surface area contributed by atoms with Gasteiger partial charge in [0.15, 0.2) is 0 Å². The molecule has 0 aliphatic heterocycles. The zero-order chi connectivity index (χ0) is 12.1. The normalized spacial score (nSPS) is 12.6. The third-order valence-electron chi connectivity index (χ3n) is 2.84. The smallest absolute Gasteiger partial charge is 0.122 e. The van der Waals surface area contributed by atoms with E-state index in [2.05, 4.69) is 13.0 Å². The Hall–Kier alpha value is -1.06. The van der Waals surface area contributed by atoms with Gasteiger partial charge in [-0.1, -0.05) is 0 Å². The maximum Gasteiger partial charge on any atom is 0.122 e. The quantitative estimate of drug-likeness (QED) is 0.833. The first-order valence-corrected chi connectivity index (χ1v) is 5.52. The largest absolute Gasteiger partial charge is 0.496 e. The van der Waals surface area contributed by atoms with Crippen LogP contribution in [0.2, 0.25) is 0 Å². The van der Waals surface area contributed by atoms with E-state index in [1.165, 1.54) is 11.1 Å². The number of hydrogen-bond donors (Lipinski definition) is 1. The highest BCUT2D eigenvalue weighted by atomic mass is 16.5. The lowest BCUT2D eigenvalue weighted by Crippen LogP contribution is -2.10. The zero-order valence-electron chi connectivity index (χ0n) is 10.5. The van der Waals surface area contributed by atoms with Gasteiger partial charge in [-0.15, -0.1) is 0 Å². The molecular weight excluding hydrogens is 202 g/mol. The monoisotopic (exact) mass is 223 g/mol. The minimum absolute atomic E-state index is 0.0783. The van der Waals surface area contributed by atoms with E-state index in [0.717, 1.165) is 17.7 Å². The molecule has 0 fully saturated rings. The summed E-state index contributed by atoms with van der Waals surface area (Å²) in [4.78, 5) is 0. The number of nitrogens with two attached hydrogens (primary N) is 1. The predicted octanol–water partition coefficient (Wildman–Crippen LogP) is 2.35. The molecule has 1 rings (SSSR count). The number of aryl methyl sites for hydroxylation is 2.